The molecule has 19 heavy (non-hydrogen) atoms. The Balaban J connectivity index is 2.41. The molecular formula is C15H30N2O2. The standard InChI is InChI=1S/C15H30N2O2/c1-5-13(14(18)17-10-15(3,4)16)19-12-8-6-7-11(2)9-12/h11-13H,5-10,16H2,1-4H3,(H,17,18). The molecule has 0 spiro atoms. The van der Waals surface area contributed by atoms with Gasteiger partial charge in [0.25, 0.3) is 0 Å². The van der Waals surface area contributed by atoms with Crippen LogP contribution in [0.15, 0.2) is 0 Å². The van der Waals surface area contributed by atoms with Gasteiger partial charge in [0.15, 0.2) is 0 Å². The van der Waals surface area contributed by atoms with Crippen LogP contribution >= 0.6 is 0 Å². The molecule has 0 aromatic heterocycles. The molecule has 1 aliphatic carbocycles. The second-order valence-corrected chi connectivity index (χ2v) is 6.63. The van der Waals surface area contributed by atoms with Gasteiger partial charge in [-0.05, 0) is 39.0 Å². The highest BCUT2D eigenvalue weighted by Crippen LogP contribution is 2.26. The molecule has 1 amide bonds. The Kier molecular flexibility index (Phi) is 6.27. The quantitative estimate of drug-likeness (QED) is 0.778. The first-order valence-electron chi connectivity index (χ1n) is 7.54. The molecule has 3 atom stereocenters. The van der Waals surface area contributed by atoms with Crippen molar-refractivity contribution >= 4 is 5.91 Å². The Morgan fingerprint density at radius 3 is 2.68 bits per heavy atom. The van der Waals surface area contributed by atoms with Gasteiger partial charge in [0, 0.05) is 12.1 Å². The lowest BCUT2D eigenvalue weighted by atomic mass is 9.88. The summed E-state index contributed by atoms with van der Waals surface area (Å²) in [5, 5.41) is 2.89. The number of carbonyl (C=O) groups excluding carboxylic acids is 1. The molecule has 0 radical (unpaired) electrons. The fourth-order valence-corrected chi connectivity index (χ4v) is 2.51. The topological polar surface area (TPSA) is 64.3 Å². The molecule has 0 heterocycles. The number of nitrogens with one attached hydrogen (secondary N) is 1. The minimum absolute atomic E-state index is 0.0285. The monoisotopic (exact) mass is 270 g/mol. The van der Waals surface area contributed by atoms with E-state index in [1.54, 1.807) is 0 Å². The highest BCUT2D eigenvalue weighted by molar-refractivity contribution is 5.80. The van der Waals surface area contributed by atoms with E-state index in [1.165, 1.54) is 12.8 Å². The Bertz CT molecular complexity index is 286. The van der Waals surface area contributed by atoms with Crippen LogP contribution in [0.5, 0.6) is 0 Å². The van der Waals surface area contributed by atoms with Crippen molar-refractivity contribution in [1.82, 2.24) is 5.32 Å². The Morgan fingerprint density at radius 2 is 2.16 bits per heavy atom. The molecule has 4 heteroatoms. The van der Waals surface area contributed by atoms with Crippen LogP contribution in [0.4, 0.5) is 0 Å². The molecular weight excluding hydrogens is 240 g/mol. The molecule has 0 bridgehead atoms. The highest BCUT2D eigenvalue weighted by atomic mass is 16.5. The van der Waals surface area contributed by atoms with Crippen LogP contribution in [0, 0.1) is 5.92 Å². The summed E-state index contributed by atoms with van der Waals surface area (Å²) in [4.78, 5) is 12.1. The normalized spacial score (nSPS) is 25.9. The summed E-state index contributed by atoms with van der Waals surface area (Å²) >= 11 is 0. The van der Waals surface area contributed by atoms with Crippen LogP contribution in [0.25, 0.3) is 0 Å². The number of hydrogen-bond acceptors (Lipinski definition) is 3. The van der Waals surface area contributed by atoms with Crippen molar-refractivity contribution in [2.75, 3.05) is 6.54 Å². The smallest absolute Gasteiger partial charge is 0.249 e. The van der Waals surface area contributed by atoms with E-state index in [2.05, 4.69) is 12.2 Å². The van der Waals surface area contributed by atoms with Gasteiger partial charge in [0.1, 0.15) is 6.10 Å². The van der Waals surface area contributed by atoms with Gasteiger partial charge in [0.05, 0.1) is 6.10 Å². The summed E-state index contributed by atoms with van der Waals surface area (Å²) in [6.45, 7) is 8.53. The van der Waals surface area contributed by atoms with Crippen LogP contribution in [0.1, 0.15) is 59.8 Å². The van der Waals surface area contributed by atoms with Gasteiger partial charge >= 0.3 is 0 Å². The maximum atomic E-state index is 12.1. The molecule has 1 saturated carbocycles. The summed E-state index contributed by atoms with van der Waals surface area (Å²) in [7, 11) is 0. The summed E-state index contributed by atoms with van der Waals surface area (Å²) in [5.41, 5.74) is 5.49. The average molecular weight is 270 g/mol. The third kappa shape index (κ3) is 6.39. The third-order valence-electron chi connectivity index (χ3n) is 3.63. The van der Waals surface area contributed by atoms with E-state index in [1.807, 2.05) is 20.8 Å². The predicted molar refractivity (Wildman–Crippen MR) is 77.9 cm³/mol. The number of amides is 1. The van der Waals surface area contributed by atoms with E-state index in [4.69, 9.17) is 10.5 Å². The Morgan fingerprint density at radius 1 is 1.47 bits per heavy atom. The second kappa shape index (κ2) is 7.25. The molecule has 3 N–H and O–H groups in total. The summed E-state index contributed by atoms with van der Waals surface area (Å²) in [6.07, 6.45) is 5.26. The van der Waals surface area contributed by atoms with Gasteiger partial charge in [-0.1, -0.05) is 26.7 Å². The van der Waals surface area contributed by atoms with Gasteiger partial charge in [-0.3, -0.25) is 4.79 Å². The second-order valence-electron chi connectivity index (χ2n) is 6.63. The van der Waals surface area contributed by atoms with Crippen LogP contribution < -0.4 is 11.1 Å². The van der Waals surface area contributed by atoms with Crippen LogP contribution in [0.3, 0.4) is 0 Å². The Labute approximate surface area is 117 Å². The largest absolute Gasteiger partial charge is 0.365 e. The van der Waals surface area contributed by atoms with Crippen LogP contribution in [-0.4, -0.2) is 30.2 Å². The fourth-order valence-electron chi connectivity index (χ4n) is 2.51. The molecule has 4 nitrogen and oxygen atoms in total. The molecule has 1 aliphatic rings. The van der Waals surface area contributed by atoms with Crippen LogP contribution in [0.2, 0.25) is 0 Å². The van der Waals surface area contributed by atoms with Crippen molar-refractivity contribution in [2.45, 2.75) is 77.5 Å². The third-order valence-corrected chi connectivity index (χ3v) is 3.63. The maximum Gasteiger partial charge on any atom is 0.249 e. The first-order chi connectivity index (χ1) is 8.81. The molecule has 0 saturated heterocycles. The maximum absolute atomic E-state index is 12.1. The molecule has 0 aliphatic heterocycles. The van der Waals surface area contributed by atoms with Gasteiger partial charge < -0.3 is 15.8 Å². The van der Waals surface area contributed by atoms with Crippen molar-refractivity contribution in [1.29, 1.82) is 0 Å². The first-order valence-corrected chi connectivity index (χ1v) is 7.54. The molecule has 112 valence electrons. The zero-order valence-corrected chi connectivity index (χ0v) is 12.9. The van der Waals surface area contributed by atoms with E-state index in [-0.39, 0.29) is 23.7 Å². The molecule has 0 aromatic carbocycles. The van der Waals surface area contributed by atoms with Crippen molar-refractivity contribution in [3.05, 3.63) is 0 Å². The summed E-state index contributed by atoms with van der Waals surface area (Å²) in [6, 6.07) is 0. The fraction of sp³-hybridized carbons (Fsp3) is 0.933. The van der Waals surface area contributed by atoms with E-state index < -0.39 is 0 Å². The SMILES string of the molecule is CCC(OC1CCCC(C)C1)C(=O)NCC(C)(C)N. The van der Waals surface area contributed by atoms with Gasteiger partial charge in [-0.2, -0.15) is 0 Å². The number of rotatable bonds is 6. The van der Waals surface area contributed by atoms with E-state index in [0.29, 0.717) is 18.9 Å². The lowest BCUT2D eigenvalue weighted by molar-refractivity contribution is -0.139. The highest BCUT2D eigenvalue weighted by Gasteiger charge is 2.26. The average Bonchev–Trinajstić information content (AvgIpc) is 2.32. The van der Waals surface area contributed by atoms with E-state index in [0.717, 1.165) is 12.8 Å². The van der Waals surface area contributed by atoms with Crippen molar-refractivity contribution in [3.63, 3.8) is 0 Å². The first kappa shape index (κ1) is 16.4. The lowest BCUT2D eigenvalue weighted by Gasteiger charge is -2.30. The number of nitrogens with two attached hydrogens (primary N) is 1. The van der Waals surface area contributed by atoms with Gasteiger partial charge in [0.2, 0.25) is 5.91 Å². The molecule has 3 unspecified atom stereocenters. The number of ether oxygens (including phenoxy) is 1. The molecule has 1 fully saturated rings. The molecule has 1 rings (SSSR count). The van der Waals surface area contributed by atoms with Crippen molar-refractivity contribution < 1.29 is 9.53 Å². The summed E-state index contributed by atoms with van der Waals surface area (Å²) < 4.78 is 5.99. The molecule has 0 aromatic rings. The van der Waals surface area contributed by atoms with Crippen LogP contribution in [-0.2, 0) is 9.53 Å². The number of hydrogen-bond donors (Lipinski definition) is 2. The zero-order chi connectivity index (χ0) is 14.5. The summed E-state index contributed by atoms with van der Waals surface area (Å²) in [5.74, 6) is 0.682. The minimum atomic E-state index is -0.382. The zero-order valence-electron chi connectivity index (χ0n) is 12.9. The minimum Gasteiger partial charge on any atom is -0.365 e. The van der Waals surface area contributed by atoms with E-state index >= 15 is 0 Å². The van der Waals surface area contributed by atoms with Crippen molar-refractivity contribution in [3.8, 4) is 0 Å². The van der Waals surface area contributed by atoms with Crippen molar-refractivity contribution in [2.24, 2.45) is 11.7 Å². The lowest BCUT2D eigenvalue weighted by Crippen LogP contribution is -2.48. The van der Waals surface area contributed by atoms with Gasteiger partial charge in [-0.15, -0.1) is 0 Å². The van der Waals surface area contributed by atoms with Gasteiger partial charge in [-0.25, -0.2) is 0 Å². The number of carbonyl (C=O) groups is 1. The predicted octanol–water partition coefficient (Wildman–Crippen LogP) is 2.21. The van der Waals surface area contributed by atoms with E-state index in [9.17, 15) is 4.79 Å². The Hall–Kier alpha value is -0.610.